The van der Waals surface area contributed by atoms with Crippen LogP contribution in [0.5, 0.6) is 11.5 Å². The highest BCUT2D eigenvalue weighted by atomic mass is 16.6. The fraction of sp³-hybridized carbons (Fsp3) is 0.167. The van der Waals surface area contributed by atoms with Crippen LogP contribution in [0, 0.1) is 10.1 Å². The molecule has 0 bridgehead atoms. The molecule has 0 atom stereocenters. The number of fused-ring (bicyclic) bond motifs is 1. The molecule has 2 aromatic rings. The van der Waals surface area contributed by atoms with Crippen LogP contribution in [0.15, 0.2) is 24.4 Å². The highest BCUT2D eigenvalue weighted by Gasteiger charge is 2.15. The molecule has 0 spiro atoms. The minimum absolute atomic E-state index is 0.162. The van der Waals surface area contributed by atoms with Crippen LogP contribution in [-0.2, 0) is 0 Å². The lowest BCUT2D eigenvalue weighted by atomic mass is 10.2. The summed E-state index contributed by atoms with van der Waals surface area (Å²) in [4.78, 5) is 17.7. The lowest BCUT2D eigenvalue weighted by Gasteiger charge is -2.18. The number of aromatic nitrogens is 2. The van der Waals surface area contributed by atoms with E-state index in [0.717, 1.165) is 6.20 Å². The van der Waals surface area contributed by atoms with E-state index in [9.17, 15) is 10.1 Å². The van der Waals surface area contributed by atoms with Crippen LogP contribution in [-0.4, -0.2) is 28.1 Å². The third-order valence-corrected chi connectivity index (χ3v) is 2.79. The maximum Gasteiger partial charge on any atom is 0.329 e. The predicted octanol–water partition coefficient (Wildman–Crippen LogP) is 1.48. The summed E-state index contributed by atoms with van der Waals surface area (Å²) in [5.41, 5.74) is 5.84. The molecular weight excluding hydrogens is 278 g/mol. The van der Waals surface area contributed by atoms with Gasteiger partial charge in [0.1, 0.15) is 19.4 Å². The summed E-state index contributed by atoms with van der Waals surface area (Å²) >= 11 is 0. The molecule has 21 heavy (non-hydrogen) atoms. The zero-order chi connectivity index (χ0) is 14.8. The Balaban J connectivity index is 1.83. The van der Waals surface area contributed by atoms with Crippen molar-refractivity contribution in [2.45, 2.75) is 0 Å². The average molecular weight is 289 g/mol. The van der Waals surface area contributed by atoms with Crippen LogP contribution in [0.2, 0.25) is 0 Å². The Morgan fingerprint density at radius 3 is 2.76 bits per heavy atom. The van der Waals surface area contributed by atoms with Crippen molar-refractivity contribution in [3.63, 3.8) is 0 Å². The van der Waals surface area contributed by atoms with E-state index in [1.54, 1.807) is 18.2 Å². The van der Waals surface area contributed by atoms with Gasteiger partial charge in [0, 0.05) is 11.8 Å². The van der Waals surface area contributed by atoms with Crippen molar-refractivity contribution < 1.29 is 14.4 Å². The number of nitrogens with zero attached hydrogens (tertiary/aromatic N) is 3. The van der Waals surface area contributed by atoms with Crippen molar-refractivity contribution in [2.24, 2.45) is 0 Å². The van der Waals surface area contributed by atoms with Gasteiger partial charge in [0.2, 0.25) is 11.8 Å². The number of ether oxygens (including phenoxy) is 2. The molecule has 1 aliphatic rings. The number of nitrogen functional groups attached to an aromatic ring is 1. The number of nitro groups is 1. The van der Waals surface area contributed by atoms with Crippen molar-refractivity contribution in [1.82, 2.24) is 9.97 Å². The minimum Gasteiger partial charge on any atom is -0.486 e. The molecule has 3 N–H and O–H groups in total. The summed E-state index contributed by atoms with van der Waals surface area (Å²) < 4.78 is 10.9. The summed E-state index contributed by atoms with van der Waals surface area (Å²) in [6.07, 6.45) is 1.06. The summed E-state index contributed by atoms with van der Waals surface area (Å²) in [6.45, 7) is 0.999. The predicted molar refractivity (Wildman–Crippen MR) is 73.8 cm³/mol. The minimum atomic E-state index is -0.636. The molecule has 0 amide bonds. The van der Waals surface area contributed by atoms with E-state index in [2.05, 4.69) is 15.3 Å². The number of benzene rings is 1. The monoisotopic (exact) mass is 289 g/mol. The molecule has 0 unspecified atom stereocenters. The molecule has 0 aliphatic carbocycles. The third-order valence-electron chi connectivity index (χ3n) is 2.79. The molecule has 9 heteroatoms. The third kappa shape index (κ3) is 2.61. The van der Waals surface area contributed by atoms with Crippen molar-refractivity contribution in [1.29, 1.82) is 0 Å². The van der Waals surface area contributed by atoms with Crippen molar-refractivity contribution in [3.05, 3.63) is 34.5 Å². The lowest BCUT2D eigenvalue weighted by molar-refractivity contribution is -0.384. The lowest BCUT2D eigenvalue weighted by Crippen LogP contribution is -2.15. The number of nitrogens with two attached hydrogens (primary N) is 1. The van der Waals surface area contributed by atoms with Crippen LogP contribution in [0.3, 0.4) is 0 Å². The smallest absolute Gasteiger partial charge is 0.329 e. The number of hydrogen-bond acceptors (Lipinski definition) is 8. The zero-order valence-corrected chi connectivity index (χ0v) is 10.8. The first kappa shape index (κ1) is 12.9. The van der Waals surface area contributed by atoms with Gasteiger partial charge in [-0.15, -0.1) is 0 Å². The molecule has 0 saturated carbocycles. The van der Waals surface area contributed by atoms with Gasteiger partial charge in [-0.25, -0.2) is 4.98 Å². The largest absolute Gasteiger partial charge is 0.486 e. The molecule has 108 valence electrons. The number of nitrogens with one attached hydrogen (secondary N) is 1. The Morgan fingerprint density at radius 1 is 1.29 bits per heavy atom. The van der Waals surface area contributed by atoms with Gasteiger partial charge in [0.15, 0.2) is 11.5 Å². The number of rotatable bonds is 3. The maximum absolute atomic E-state index is 10.6. The first-order valence-electron chi connectivity index (χ1n) is 6.07. The molecule has 1 aromatic carbocycles. The van der Waals surface area contributed by atoms with Crippen molar-refractivity contribution in [2.75, 3.05) is 24.3 Å². The van der Waals surface area contributed by atoms with Gasteiger partial charge >= 0.3 is 5.69 Å². The molecule has 3 rings (SSSR count). The van der Waals surface area contributed by atoms with Crippen LogP contribution in [0.25, 0.3) is 0 Å². The van der Waals surface area contributed by atoms with E-state index in [4.69, 9.17) is 15.2 Å². The van der Waals surface area contributed by atoms with Crippen LogP contribution < -0.4 is 20.5 Å². The fourth-order valence-electron chi connectivity index (χ4n) is 1.84. The Labute approximate surface area is 118 Å². The number of anilines is 3. The SMILES string of the molecule is Nc1nc(Nc2ccc3c(c2)OCCO3)ncc1[N+](=O)[O-]. The Hall–Kier alpha value is -3.10. The van der Waals surface area contributed by atoms with Gasteiger partial charge in [-0.1, -0.05) is 0 Å². The molecule has 0 radical (unpaired) electrons. The Bertz CT molecular complexity index is 706. The highest BCUT2D eigenvalue weighted by Crippen LogP contribution is 2.33. The normalized spacial score (nSPS) is 12.8. The van der Waals surface area contributed by atoms with Gasteiger partial charge in [0.25, 0.3) is 0 Å². The first-order valence-corrected chi connectivity index (χ1v) is 6.07. The second kappa shape index (κ2) is 5.12. The molecule has 0 fully saturated rings. The molecular formula is C12H11N5O4. The molecule has 1 aromatic heterocycles. The second-order valence-corrected chi connectivity index (χ2v) is 4.20. The summed E-state index contributed by atoms with van der Waals surface area (Å²) in [7, 11) is 0. The van der Waals surface area contributed by atoms with Gasteiger partial charge in [0.05, 0.1) is 4.92 Å². The van der Waals surface area contributed by atoms with E-state index in [0.29, 0.717) is 30.4 Å². The fourth-order valence-corrected chi connectivity index (χ4v) is 1.84. The summed E-state index contributed by atoms with van der Waals surface area (Å²) in [5.74, 6) is 1.24. The Morgan fingerprint density at radius 2 is 2.05 bits per heavy atom. The second-order valence-electron chi connectivity index (χ2n) is 4.20. The quantitative estimate of drug-likeness (QED) is 0.642. The molecule has 2 heterocycles. The van der Waals surface area contributed by atoms with Crippen LogP contribution in [0.4, 0.5) is 23.1 Å². The van der Waals surface area contributed by atoms with E-state index < -0.39 is 4.92 Å². The van der Waals surface area contributed by atoms with Crippen LogP contribution >= 0.6 is 0 Å². The Kier molecular flexibility index (Phi) is 3.14. The topological polar surface area (TPSA) is 125 Å². The van der Waals surface area contributed by atoms with Gasteiger partial charge in [-0.2, -0.15) is 4.98 Å². The summed E-state index contributed by atoms with van der Waals surface area (Å²) in [6, 6.07) is 5.25. The van der Waals surface area contributed by atoms with Gasteiger partial charge in [-0.3, -0.25) is 10.1 Å². The first-order chi connectivity index (χ1) is 10.1. The van der Waals surface area contributed by atoms with E-state index in [-0.39, 0.29) is 17.5 Å². The number of hydrogen-bond donors (Lipinski definition) is 2. The van der Waals surface area contributed by atoms with Crippen molar-refractivity contribution >= 4 is 23.1 Å². The van der Waals surface area contributed by atoms with Crippen LogP contribution in [0.1, 0.15) is 0 Å². The van der Waals surface area contributed by atoms with E-state index in [1.165, 1.54) is 0 Å². The van der Waals surface area contributed by atoms with Gasteiger partial charge in [-0.05, 0) is 12.1 Å². The van der Waals surface area contributed by atoms with E-state index in [1.807, 2.05) is 0 Å². The highest BCUT2D eigenvalue weighted by molar-refractivity contribution is 5.62. The molecule has 0 saturated heterocycles. The molecule has 9 nitrogen and oxygen atoms in total. The summed E-state index contributed by atoms with van der Waals surface area (Å²) in [5, 5.41) is 13.5. The van der Waals surface area contributed by atoms with Crippen molar-refractivity contribution in [3.8, 4) is 11.5 Å². The van der Waals surface area contributed by atoms with E-state index >= 15 is 0 Å². The zero-order valence-electron chi connectivity index (χ0n) is 10.8. The molecule has 1 aliphatic heterocycles. The average Bonchev–Trinajstić information content (AvgIpc) is 2.47. The maximum atomic E-state index is 10.6. The van der Waals surface area contributed by atoms with Gasteiger partial charge < -0.3 is 20.5 Å². The standard InChI is InChI=1S/C12H11N5O4/c13-11-8(17(18)19)6-14-12(16-11)15-7-1-2-9-10(5-7)21-4-3-20-9/h1-2,5-6H,3-4H2,(H3,13,14,15,16).